The summed E-state index contributed by atoms with van der Waals surface area (Å²) in [7, 11) is 0. The summed E-state index contributed by atoms with van der Waals surface area (Å²) in [6, 6.07) is 13.8. The quantitative estimate of drug-likeness (QED) is 0.664. The minimum absolute atomic E-state index is 0.136. The minimum Gasteiger partial charge on any atom is -0.494 e. The molecule has 0 aliphatic carbocycles. The van der Waals surface area contributed by atoms with Crippen LogP contribution in [-0.2, 0) is 14.4 Å². The molecule has 0 unspecified atom stereocenters. The minimum atomic E-state index is -0.361. The molecule has 0 fully saturated rings. The van der Waals surface area contributed by atoms with Gasteiger partial charge in [-0.1, -0.05) is 26.0 Å². The molecule has 30 heavy (non-hydrogen) atoms. The molecule has 2 aromatic rings. The van der Waals surface area contributed by atoms with Crippen molar-refractivity contribution in [1.82, 2.24) is 0 Å². The second-order valence-electron chi connectivity index (χ2n) is 7.00. The standard InChI is InChI=1S/C23H24N2O4S/c1-5-29-19-12-6-16(7-13-19)20-21(30-14(2)3)23(28)25(22(20)27)18-10-8-17(9-11-18)24-15(4)26/h6-14H,5H2,1-4H3,(H,24,26). The number of rotatable bonds is 7. The highest BCUT2D eigenvalue weighted by Gasteiger charge is 2.40. The Kier molecular flexibility index (Phi) is 6.62. The molecular formula is C23H24N2O4S. The summed E-state index contributed by atoms with van der Waals surface area (Å²) < 4.78 is 5.48. The van der Waals surface area contributed by atoms with E-state index in [0.29, 0.717) is 39.8 Å². The molecule has 1 aliphatic rings. The molecule has 0 radical (unpaired) electrons. The average molecular weight is 425 g/mol. The number of carbonyl (C=O) groups is 3. The zero-order valence-corrected chi connectivity index (χ0v) is 18.2. The van der Waals surface area contributed by atoms with Gasteiger partial charge in [-0.15, -0.1) is 11.8 Å². The number of ether oxygens (including phenoxy) is 1. The van der Waals surface area contributed by atoms with Gasteiger partial charge in [-0.25, -0.2) is 4.90 Å². The number of nitrogens with one attached hydrogen (secondary N) is 1. The molecule has 156 valence electrons. The highest BCUT2D eigenvalue weighted by Crippen LogP contribution is 2.40. The number of carbonyl (C=O) groups excluding carboxylic acids is 3. The van der Waals surface area contributed by atoms with E-state index in [9.17, 15) is 14.4 Å². The lowest BCUT2D eigenvalue weighted by Gasteiger charge is -2.16. The molecule has 1 N–H and O–H groups in total. The van der Waals surface area contributed by atoms with Crippen molar-refractivity contribution in [2.24, 2.45) is 0 Å². The number of hydrogen-bond donors (Lipinski definition) is 1. The van der Waals surface area contributed by atoms with Crippen LogP contribution in [-0.4, -0.2) is 29.6 Å². The van der Waals surface area contributed by atoms with Gasteiger partial charge < -0.3 is 10.1 Å². The molecule has 0 bridgehead atoms. The van der Waals surface area contributed by atoms with Gasteiger partial charge in [0.2, 0.25) is 5.91 Å². The van der Waals surface area contributed by atoms with Gasteiger partial charge in [0.1, 0.15) is 5.75 Å². The first-order valence-corrected chi connectivity index (χ1v) is 10.6. The normalized spacial score (nSPS) is 14.0. The maximum Gasteiger partial charge on any atom is 0.272 e. The zero-order chi connectivity index (χ0) is 21.8. The molecule has 3 amide bonds. The third kappa shape index (κ3) is 4.57. The molecular weight excluding hydrogens is 400 g/mol. The lowest BCUT2D eigenvalue weighted by atomic mass is 10.1. The van der Waals surface area contributed by atoms with Crippen LogP contribution in [0.25, 0.3) is 5.57 Å². The number of amides is 3. The summed E-state index contributed by atoms with van der Waals surface area (Å²) in [6.45, 7) is 7.84. The van der Waals surface area contributed by atoms with Crippen molar-refractivity contribution >= 4 is 46.4 Å². The molecule has 0 saturated carbocycles. The predicted octanol–water partition coefficient (Wildman–Crippen LogP) is 4.47. The Morgan fingerprint density at radius 2 is 1.67 bits per heavy atom. The number of imide groups is 1. The van der Waals surface area contributed by atoms with Crippen molar-refractivity contribution in [2.45, 2.75) is 32.9 Å². The highest BCUT2D eigenvalue weighted by molar-refractivity contribution is 8.04. The predicted molar refractivity (Wildman–Crippen MR) is 120 cm³/mol. The summed E-state index contributed by atoms with van der Waals surface area (Å²) in [5.41, 5.74) is 2.13. The molecule has 6 nitrogen and oxygen atoms in total. The maximum atomic E-state index is 13.3. The van der Waals surface area contributed by atoms with Gasteiger partial charge in [0.05, 0.1) is 22.8 Å². The molecule has 0 spiro atoms. The molecule has 3 rings (SSSR count). The van der Waals surface area contributed by atoms with Gasteiger partial charge in [-0.2, -0.15) is 0 Å². The number of benzene rings is 2. The number of hydrogen-bond acceptors (Lipinski definition) is 5. The van der Waals surface area contributed by atoms with Gasteiger partial charge in [-0.05, 0) is 48.9 Å². The van der Waals surface area contributed by atoms with E-state index < -0.39 is 0 Å². The Morgan fingerprint density at radius 1 is 1.03 bits per heavy atom. The molecule has 2 aromatic carbocycles. The van der Waals surface area contributed by atoms with Crippen LogP contribution in [0.4, 0.5) is 11.4 Å². The van der Waals surface area contributed by atoms with E-state index in [1.165, 1.54) is 23.6 Å². The van der Waals surface area contributed by atoms with Gasteiger partial charge in [0, 0.05) is 17.9 Å². The average Bonchev–Trinajstić information content (AvgIpc) is 2.92. The van der Waals surface area contributed by atoms with E-state index in [0.717, 1.165) is 0 Å². The zero-order valence-electron chi connectivity index (χ0n) is 17.4. The highest BCUT2D eigenvalue weighted by atomic mass is 32.2. The lowest BCUT2D eigenvalue weighted by molar-refractivity contribution is -0.120. The van der Waals surface area contributed by atoms with Crippen LogP contribution in [0.5, 0.6) is 5.75 Å². The number of nitrogens with zero attached hydrogens (tertiary/aromatic N) is 1. The van der Waals surface area contributed by atoms with Crippen molar-refractivity contribution in [3.05, 3.63) is 59.0 Å². The van der Waals surface area contributed by atoms with Gasteiger partial charge >= 0.3 is 0 Å². The first-order valence-electron chi connectivity index (χ1n) is 9.72. The van der Waals surface area contributed by atoms with Crippen LogP contribution in [0.1, 0.15) is 33.3 Å². The van der Waals surface area contributed by atoms with E-state index >= 15 is 0 Å². The van der Waals surface area contributed by atoms with Crippen LogP contribution in [0.2, 0.25) is 0 Å². The third-order valence-electron chi connectivity index (χ3n) is 4.29. The first-order chi connectivity index (χ1) is 14.3. The van der Waals surface area contributed by atoms with E-state index in [1.807, 2.05) is 20.8 Å². The molecule has 1 aliphatic heterocycles. The van der Waals surface area contributed by atoms with Crippen molar-refractivity contribution in [1.29, 1.82) is 0 Å². The van der Waals surface area contributed by atoms with Gasteiger partial charge in [0.15, 0.2) is 0 Å². The van der Waals surface area contributed by atoms with Crippen LogP contribution in [0.15, 0.2) is 53.4 Å². The first kappa shape index (κ1) is 21.6. The summed E-state index contributed by atoms with van der Waals surface area (Å²) in [5.74, 6) is -0.178. The number of anilines is 2. The maximum absolute atomic E-state index is 13.3. The molecule has 7 heteroatoms. The van der Waals surface area contributed by atoms with E-state index in [1.54, 1.807) is 48.5 Å². The van der Waals surface area contributed by atoms with Gasteiger partial charge in [0.25, 0.3) is 11.8 Å². The van der Waals surface area contributed by atoms with Crippen LogP contribution < -0.4 is 15.0 Å². The van der Waals surface area contributed by atoms with Crippen molar-refractivity contribution in [3.63, 3.8) is 0 Å². The summed E-state index contributed by atoms with van der Waals surface area (Å²) in [6.07, 6.45) is 0. The summed E-state index contributed by atoms with van der Waals surface area (Å²) >= 11 is 1.38. The van der Waals surface area contributed by atoms with Crippen molar-refractivity contribution in [3.8, 4) is 5.75 Å². The van der Waals surface area contributed by atoms with E-state index in [-0.39, 0.29) is 23.0 Å². The van der Waals surface area contributed by atoms with Gasteiger partial charge in [-0.3, -0.25) is 14.4 Å². The van der Waals surface area contributed by atoms with Crippen molar-refractivity contribution in [2.75, 3.05) is 16.8 Å². The smallest absolute Gasteiger partial charge is 0.272 e. The number of thioether (sulfide) groups is 1. The van der Waals surface area contributed by atoms with E-state index in [4.69, 9.17) is 4.74 Å². The fraction of sp³-hybridized carbons (Fsp3) is 0.261. The van der Waals surface area contributed by atoms with Crippen molar-refractivity contribution < 1.29 is 19.1 Å². The van der Waals surface area contributed by atoms with E-state index in [2.05, 4.69) is 5.32 Å². The van der Waals surface area contributed by atoms with Crippen LogP contribution >= 0.6 is 11.8 Å². The Balaban J connectivity index is 1.97. The summed E-state index contributed by atoms with van der Waals surface area (Å²) in [5, 5.41) is 2.81. The Labute approximate surface area is 180 Å². The SMILES string of the molecule is CCOc1ccc(C2=C(SC(C)C)C(=O)N(c3ccc(NC(C)=O)cc3)C2=O)cc1. The second-order valence-corrected chi connectivity index (χ2v) is 8.59. The monoisotopic (exact) mass is 424 g/mol. The summed E-state index contributed by atoms with van der Waals surface area (Å²) in [4.78, 5) is 39.4. The topological polar surface area (TPSA) is 75.7 Å². The largest absolute Gasteiger partial charge is 0.494 e. The third-order valence-corrected chi connectivity index (χ3v) is 5.38. The van der Waals surface area contributed by atoms with Crippen LogP contribution in [0, 0.1) is 0 Å². The molecule has 0 aromatic heterocycles. The second kappa shape index (κ2) is 9.17. The fourth-order valence-corrected chi connectivity index (χ4v) is 4.11. The fourth-order valence-electron chi connectivity index (χ4n) is 3.13. The van der Waals surface area contributed by atoms with Crippen LogP contribution in [0.3, 0.4) is 0 Å². The lowest BCUT2D eigenvalue weighted by Crippen LogP contribution is -2.31. The molecule has 0 saturated heterocycles. The molecule has 1 heterocycles. The molecule has 0 atom stereocenters. The Hall–Kier alpha value is -3.06. The Morgan fingerprint density at radius 3 is 2.20 bits per heavy atom. The Bertz CT molecular complexity index is 995.